The summed E-state index contributed by atoms with van der Waals surface area (Å²) in [4.78, 5) is 0. The van der Waals surface area contributed by atoms with E-state index in [0.717, 1.165) is 17.9 Å². The van der Waals surface area contributed by atoms with Gasteiger partial charge in [-0.05, 0) is 24.5 Å². The number of methoxy groups -OCH3 is 1. The summed E-state index contributed by atoms with van der Waals surface area (Å²) in [6, 6.07) is 5.89. The van der Waals surface area contributed by atoms with Crippen molar-refractivity contribution < 1.29 is 4.74 Å². The van der Waals surface area contributed by atoms with E-state index >= 15 is 0 Å². The first-order chi connectivity index (χ1) is 6.27. The molecule has 2 heteroatoms. The number of ether oxygens (including phenoxy) is 1. The van der Waals surface area contributed by atoms with Crippen LogP contribution in [0, 0.1) is 0 Å². The van der Waals surface area contributed by atoms with Crippen LogP contribution >= 0.6 is 0 Å². The fraction of sp³-hybridized carbons (Fsp3) is 0.455. The Labute approximate surface area is 79.7 Å². The summed E-state index contributed by atoms with van der Waals surface area (Å²) < 4.78 is 5.07. The summed E-state index contributed by atoms with van der Waals surface area (Å²) in [6.07, 6.45) is 3.45. The topological polar surface area (TPSA) is 35.2 Å². The van der Waals surface area contributed by atoms with Gasteiger partial charge in [0.2, 0.25) is 0 Å². The Balaban J connectivity index is 2.73. The Bertz CT molecular complexity index is 271. The van der Waals surface area contributed by atoms with Crippen molar-refractivity contribution in [1.82, 2.24) is 0 Å². The maximum absolute atomic E-state index is 5.86. The van der Waals surface area contributed by atoms with Crippen LogP contribution in [-0.4, -0.2) is 7.11 Å². The van der Waals surface area contributed by atoms with Crippen molar-refractivity contribution >= 4 is 5.69 Å². The van der Waals surface area contributed by atoms with Gasteiger partial charge in [-0.1, -0.05) is 19.4 Å². The van der Waals surface area contributed by atoms with Crippen molar-refractivity contribution in [2.75, 3.05) is 12.8 Å². The molecule has 0 aliphatic rings. The molecule has 2 nitrogen and oxygen atoms in total. The minimum absolute atomic E-state index is 0.831. The molecule has 1 aromatic rings. The number of rotatable bonds is 4. The number of hydrogen-bond donors (Lipinski definition) is 1. The van der Waals surface area contributed by atoms with Gasteiger partial charge in [-0.25, -0.2) is 0 Å². The lowest BCUT2D eigenvalue weighted by molar-refractivity contribution is 0.415. The molecule has 0 heterocycles. The fourth-order valence-electron chi connectivity index (χ4n) is 1.29. The van der Waals surface area contributed by atoms with Crippen LogP contribution in [0.3, 0.4) is 0 Å². The number of unbranched alkanes of at least 4 members (excludes halogenated alkanes) is 1. The first kappa shape index (κ1) is 9.90. The molecule has 0 amide bonds. The third-order valence-corrected chi connectivity index (χ3v) is 2.15. The molecule has 0 unspecified atom stereocenters. The highest BCUT2D eigenvalue weighted by atomic mass is 16.5. The molecule has 0 fully saturated rings. The molecule has 0 saturated carbocycles. The van der Waals surface area contributed by atoms with Crippen LogP contribution in [0.2, 0.25) is 0 Å². The zero-order valence-electron chi connectivity index (χ0n) is 8.34. The molecule has 2 N–H and O–H groups in total. The lowest BCUT2D eigenvalue weighted by Crippen LogP contribution is -1.95. The minimum Gasteiger partial charge on any atom is -0.497 e. The number of nitrogen functional groups attached to an aromatic ring is 1. The molecular weight excluding hydrogens is 162 g/mol. The molecule has 1 rings (SSSR count). The fourth-order valence-corrected chi connectivity index (χ4v) is 1.29. The van der Waals surface area contributed by atoms with Crippen LogP contribution < -0.4 is 10.5 Å². The van der Waals surface area contributed by atoms with Crippen LogP contribution in [-0.2, 0) is 6.42 Å². The highest BCUT2D eigenvalue weighted by Gasteiger charge is 1.99. The molecule has 0 saturated heterocycles. The third kappa shape index (κ3) is 2.65. The molecule has 0 aliphatic heterocycles. The van der Waals surface area contributed by atoms with Gasteiger partial charge in [0.25, 0.3) is 0 Å². The van der Waals surface area contributed by atoms with E-state index in [1.54, 1.807) is 7.11 Å². The number of hydrogen-bond acceptors (Lipinski definition) is 2. The third-order valence-electron chi connectivity index (χ3n) is 2.15. The minimum atomic E-state index is 0.831. The van der Waals surface area contributed by atoms with Crippen molar-refractivity contribution in [1.29, 1.82) is 0 Å². The predicted molar refractivity (Wildman–Crippen MR) is 56.0 cm³/mol. The molecule has 0 spiro atoms. The van der Waals surface area contributed by atoms with E-state index in [1.165, 1.54) is 18.4 Å². The predicted octanol–water partition coefficient (Wildman–Crippen LogP) is 2.62. The normalized spacial score (nSPS) is 10.0. The zero-order valence-corrected chi connectivity index (χ0v) is 8.34. The van der Waals surface area contributed by atoms with Crippen LogP contribution in [0.25, 0.3) is 0 Å². The Kier molecular flexibility index (Phi) is 3.62. The van der Waals surface area contributed by atoms with E-state index in [4.69, 9.17) is 10.5 Å². The van der Waals surface area contributed by atoms with E-state index in [0.29, 0.717) is 0 Å². The first-order valence-corrected chi connectivity index (χ1v) is 4.70. The van der Waals surface area contributed by atoms with Gasteiger partial charge in [0.05, 0.1) is 7.11 Å². The Morgan fingerprint density at radius 1 is 1.38 bits per heavy atom. The standard InChI is InChI=1S/C11H17NO/c1-3-4-5-9-6-7-10(13-2)8-11(9)12/h6-8H,3-5,12H2,1-2H3. The molecular formula is C11H17NO. The zero-order chi connectivity index (χ0) is 9.68. The lowest BCUT2D eigenvalue weighted by Gasteiger charge is -2.06. The largest absolute Gasteiger partial charge is 0.497 e. The van der Waals surface area contributed by atoms with E-state index < -0.39 is 0 Å². The highest BCUT2D eigenvalue weighted by Crippen LogP contribution is 2.20. The summed E-state index contributed by atoms with van der Waals surface area (Å²) in [5, 5.41) is 0. The first-order valence-electron chi connectivity index (χ1n) is 4.70. The molecule has 0 atom stereocenters. The molecule has 13 heavy (non-hydrogen) atoms. The maximum Gasteiger partial charge on any atom is 0.120 e. The molecule has 72 valence electrons. The second-order valence-electron chi connectivity index (χ2n) is 3.17. The summed E-state index contributed by atoms with van der Waals surface area (Å²) >= 11 is 0. The second kappa shape index (κ2) is 4.75. The lowest BCUT2D eigenvalue weighted by atomic mass is 10.1. The van der Waals surface area contributed by atoms with E-state index in [9.17, 15) is 0 Å². The Hall–Kier alpha value is -1.18. The van der Waals surface area contributed by atoms with E-state index in [2.05, 4.69) is 6.92 Å². The Morgan fingerprint density at radius 3 is 2.69 bits per heavy atom. The van der Waals surface area contributed by atoms with Gasteiger partial charge in [0.1, 0.15) is 5.75 Å². The van der Waals surface area contributed by atoms with Crippen LogP contribution in [0.5, 0.6) is 5.75 Å². The summed E-state index contributed by atoms with van der Waals surface area (Å²) in [5.74, 6) is 0.831. The summed E-state index contributed by atoms with van der Waals surface area (Å²) in [5.41, 5.74) is 7.92. The van der Waals surface area contributed by atoms with E-state index in [1.807, 2.05) is 18.2 Å². The van der Waals surface area contributed by atoms with Gasteiger partial charge in [-0.15, -0.1) is 0 Å². The van der Waals surface area contributed by atoms with Crippen molar-refractivity contribution in [2.45, 2.75) is 26.2 Å². The van der Waals surface area contributed by atoms with Crippen LogP contribution in [0.15, 0.2) is 18.2 Å². The van der Waals surface area contributed by atoms with Gasteiger partial charge < -0.3 is 10.5 Å². The molecule has 0 aromatic heterocycles. The quantitative estimate of drug-likeness (QED) is 0.721. The number of aryl methyl sites for hydroxylation is 1. The van der Waals surface area contributed by atoms with Crippen LogP contribution in [0.4, 0.5) is 5.69 Å². The molecule has 1 aromatic carbocycles. The summed E-state index contributed by atoms with van der Waals surface area (Å²) in [7, 11) is 1.65. The number of nitrogens with two attached hydrogens (primary N) is 1. The molecule has 0 bridgehead atoms. The van der Waals surface area contributed by atoms with Crippen molar-refractivity contribution in [3.63, 3.8) is 0 Å². The second-order valence-corrected chi connectivity index (χ2v) is 3.17. The smallest absolute Gasteiger partial charge is 0.120 e. The number of benzene rings is 1. The Morgan fingerprint density at radius 2 is 2.15 bits per heavy atom. The van der Waals surface area contributed by atoms with Gasteiger partial charge in [-0.2, -0.15) is 0 Å². The van der Waals surface area contributed by atoms with Crippen LogP contribution in [0.1, 0.15) is 25.3 Å². The number of anilines is 1. The average Bonchev–Trinajstić information content (AvgIpc) is 2.16. The van der Waals surface area contributed by atoms with Gasteiger partial charge in [0, 0.05) is 11.8 Å². The van der Waals surface area contributed by atoms with Gasteiger partial charge in [-0.3, -0.25) is 0 Å². The van der Waals surface area contributed by atoms with Crippen molar-refractivity contribution in [3.8, 4) is 5.75 Å². The highest BCUT2D eigenvalue weighted by molar-refractivity contribution is 5.51. The van der Waals surface area contributed by atoms with Gasteiger partial charge >= 0.3 is 0 Å². The van der Waals surface area contributed by atoms with Gasteiger partial charge in [0.15, 0.2) is 0 Å². The average molecular weight is 179 g/mol. The monoisotopic (exact) mass is 179 g/mol. The maximum atomic E-state index is 5.86. The van der Waals surface area contributed by atoms with Crippen molar-refractivity contribution in [2.24, 2.45) is 0 Å². The van der Waals surface area contributed by atoms with E-state index in [-0.39, 0.29) is 0 Å². The van der Waals surface area contributed by atoms with Crippen molar-refractivity contribution in [3.05, 3.63) is 23.8 Å². The SMILES string of the molecule is CCCCc1ccc(OC)cc1N. The summed E-state index contributed by atoms with van der Waals surface area (Å²) in [6.45, 7) is 2.18. The molecule has 0 radical (unpaired) electrons. The molecule has 0 aliphatic carbocycles.